The number of hydrogen-bond acceptors (Lipinski definition) is 4. The van der Waals surface area contributed by atoms with Crippen LogP contribution in [0.4, 0.5) is 28.4 Å². The molecule has 7 aromatic carbocycles. The predicted octanol–water partition coefficient (Wildman–Crippen LogP) is 18.8. The second kappa shape index (κ2) is 18.6. The number of anilines is 5. The largest absolute Gasteiger partial charge is 0.458 e. The number of aryl methyl sites for hydroxylation is 2. The normalized spacial score (nSPS) is 16.7. The number of nitrogens with zero attached hydrogens (tertiary/aromatic N) is 2. The lowest BCUT2D eigenvalue weighted by atomic mass is 9.80. The first-order chi connectivity index (χ1) is 35.2. The number of para-hydroxylation sites is 1. The van der Waals surface area contributed by atoms with Gasteiger partial charge in [-0.3, -0.25) is 0 Å². The molecule has 2 heterocycles. The summed E-state index contributed by atoms with van der Waals surface area (Å²) in [7, 11) is 0. The minimum Gasteiger partial charge on any atom is -0.458 e. The van der Waals surface area contributed by atoms with Crippen molar-refractivity contribution in [1.82, 2.24) is 0 Å². The summed E-state index contributed by atoms with van der Waals surface area (Å²) in [6, 6.07) is 53.8. The van der Waals surface area contributed by atoms with Crippen molar-refractivity contribution in [1.29, 1.82) is 0 Å². The van der Waals surface area contributed by atoms with Crippen LogP contribution in [-0.2, 0) is 18.3 Å². The van der Waals surface area contributed by atoms with Crippen molar-refractivity contribution < 1.29 is 9.15 Å². The molecule has 3 aliphatic carbocycles. The maximum Gasteiger partial charge on any atom is 0.137 e. The van der Waals surface area contributed by atoms with E-state index in [1.807, 2.05) is 24.3 Å². The molecule has 8 aromatic rings. The summed E-state index contributed by atoms with van der Waals surface area (Å²) < 4.78 is 12.7. The standard InChI is InChI=1S/C68H60N2O2/c1-6-16-49-18-10-11-20-58(49)57-37-33-53(41-45(57)2)69(55-35-39-64-62(43-55)59-21-12-14-23-63(59)68(64,4)5)51-29-25-47(26-30-51)48-27-31-52(32-28-48)70(54-36-40-65-50(42-54)19-9-7-8-17-46(3)71-65)56-34-38-61-60-22-13-15-24-66(60)72-67(61)44-56/h7-11,13,15,17-18,20-27,29-31,33-44H,3,6,12,14,16,19,28,32H2,1-2,4-5H3/b9-7-,17-8-. The van der Waals surface area contributed by atoms with E-state index in [1.54, 1.807) is 0 Å². The van der Waals surface area contributed by atoms with Crippen LogP contribution in [0, 0.1) is 6.92 Å². The Balaban J connectivity index is 0.912. The first-order valence-electron chi connectivity index (χ1n) is 25.8. The van der Waals surface area contributed by atoms with Crippen LogP contribution in [0.3, 0.4) is 0 Å². The van der Waals surface area contributed by atoms with Crippen molar-refractivity contribution in [3.05, 3.63) is 251 Å². The minimum absolute atomic E-state index is 0.0166. The number of furan rings is 1. The zero-order valence-electron chi connectivity index (χ0n) is 41.8. The summed E-state index contributed by atoms with van der Waals surface area (Å²) in [5.41, 5.74) is 23.1. The van der Waals surface area contributed by atoms with Crippen LogP contribution in [-0.4, -0.2) is 0 Å². The molecule has 0 spiro atoms. The van der Waals surface area contributed by atoms with Gasteiger partial charge in [0.05, 0.1) is 0 Å². The topological polar surface area (TPSA) is 28.9 Å². The third-order valence-electron chi connectivity index (χ3n) is 15.3. The van der Waals surface area contributed by atoms with Crippen molar-refractivity contribution in [3.63, 3.8) is 0 Å². The maximum absolute atomic E-state index is 6.45. The van der Waals surface area contributed by atoms with Gasteiger partial charge in [-0.05, 0) is 186 Å². The molecule has 0 fully saturated rings. The molecule has 12 rings (SSSR count). The van der Waals surface area contributed by atoms with Crippen molar-refractivity contribution in [2.75, 3.05) is 9.80 Å². The van der Waals surface area contributed by atoms with Gasteiger partial charge >= 0.3 is 0 Å². The number of rotatable bonds is 10. The maximum atomic E-state index is 6.45. The zero-order valence-corrected chi connectivity index (χ0v) is 41.8. The molecule has 1 aromatic heterocycles. The molecule has 0 bridgehead atoms. The Bertz CT molecular complexity index is 3660. The molecule has 72 heavy (non-hydrogen) atoms. The molecule has 4 heteroatoms. The summed E-state index contributed by atoms with van der Waals surface area (Å²) >= 11 is 0. The zero-order chi connectivity index (χ0) is 48.9. The molecule has 1 aliphatic heterocycles. The van der Waals surface area contributed by atoms with Gasteiger partial charge in [0.1, 0.15) is 22.7 Å². The van der Waals surface area contributed by atoms with Crippen LogP contribution < -0.4 is 14.5 Å². The summed E-state index contributed by atoms with van der Waals surface area (Å²) in [5.74, 6) is 1.44. The van der Waals surface area contributed by atoms with Gasteiger partial charge in [-0.2, -0.15) is 0 Å². The van der Waals surface area contributed by atoms with Gasteiger partial charge in [0, 0.05) is 62.0 Å². The predicted molar refractivity (Wildman–Crippen MR) is 303 cm³/mol. The summed E-state index contributed by atoms with van der Waals surface area (Å²) in [6.07, 6.45) is 24.6. The molecule has 0 saturated heterocycles. The van der Waals surface area contributed by atoms with Gasteiger partial charge in [0.2, 0.25) is 0 Å². The minimum atomic E-state index is -0.0166. The summed E-state index contributed by atoms with van der Waals surface area (Å²) in [5, 5.41) is 2.24. The molecular formula is C68H60N2O2. The molecule has 4 aliphatic rings. The van der Waals surface area contributed by atoms with E-state index >= 15 is 0 Å². The van der Waals surface area contributed by atoms with Crippen molar-refractivity contribution in [2.24, 2.45) is 0 Å². The molecule has 0 N–H and O–H groups in total. The van der Waals surface area contributed by atoms with Crippen LogP contribution in [0.25, 0.3) is 44.2 Å². The van der Waals surface area contributed by atoms with Crippen LogP contribution in [0.5, 0.6) is 5.75 Å². The number of hydrogen-bond donors (Lipinski definition) is 0. The molecule has 0 unspecified atom stereocenters. The molecule has 0 radical (unpaired) electrons. The monoisotopic (exact) mass is 936 g/mol. The van der Waals surface area contributed by atoms with Gasteiger partial charge in [-0.25, -0.2) is 0 Å². The van der Waals surface area contributed by atoms with E-state index in [4.69, 9.17) is 9.15 Å². The summed E-state index contributed by atoms with van der Waals surface area (Å²) in [6.45, 7) is 13.4. The fourth-order valence-electron chi connectivity index (χ4n) is 11.7. The van der Waals surface area contributed by atoms with E-state index in [1.165, 1.54) is 67.0 Å². The van der Waals surface area contributed by atoms with Gasteiger partial charge in [-0.1, -0.05) is 137 Å². The second-order valence-electron chi connectivity index (χ2n) is 20.3. The van der Waals surface area contributed by atoms with E-state index in [0.717, 1.165) is 101 Å². The van der Waals surface area contributed by atoms with Crippen LogP contribution in [0.15, 0.2) is 222 Å². The number of ether oxygens (including phenoxy) is 1. The Morgan fingerprint density at radius 1 is 0.625 bits per heavy atom. The second-order valence-corrected chi connectivity index (χ2v) is 20.3. The van der Waals surface area contributed by atoms with Crippen molar-refractivity contribution >= 4 is 61.5 Å². The third kappa shape index (κ3) is 8.15. The number of allylic oxidation sites excluding steroid dienone is 12. The first kappa shape index (κ1) is 45.1. The smallest absolute Gasteiger partial charge is 0.137 e. The SMILES string of the molecule is C=C1/C=C\C=C/Cc2cc(N(C3=CC=C(c4ccc(N(c5ccc(-c6ccccc6CCC)c(C)c5)c5ccc6c(c5)C5=CCCC=C5C6(C)C)cc4)CC3)c3ccc4c(c3)oc3ccccc34)ccc2O1. The fraction of sp³-hybridized carbons (Fsp3) is 0.176. The van der Waals surface area contributed by atoms with E-state index in [0.29, 0.717) is 5.76 Å². The van der Waals surface area contributed by atoms with Crippen LogP contribution >= 0.6 is 0 Å². The van der Waals surface area contributed by atoms with E-state index < -0.39 is 0 Å². The average molecular weight is 937 g/mol. The fourth-order valence-corrected chi connectivity index (χ4v) is 11.7. The quantitative estimate of drug-likeness (QED) is 0.137. The lowest BCUT2D eigenvalue weighted by Gasteiger charge is -2.31. The third-order valence-corrected chi connectivity index (χ3v) is 15.3. The van der Waals surface area contributed by atoms with Gasteiger partial charge < -0.3 is 19.0 Å². The highest BCUT2D eigenvalue weighted by Gasteiger charge is 2.39. The molecule has 354 valence electrons. The highest BCUT2D eigenvalue weighted by Crippen LogP contribution is 2.53. The Morgan fingerprint density at radius 2 is 1.36 bits per heavy atom. The van der Waals surface area contributed by atoms with Gasteiger partial charge in [-0.15, -0.1) is 0 Å². The van der Waals surface area contributed by atoms with Crippen molar-refractivity contribution in [2.45, 2.75) is 78.1 Å². The van der Waals surface area contributed by atoms with E-state index in [2.05, 4.69) is 214 Å². The molecule has 0 atom stereocenters. The van der Waals surface area contributed by atoms with Crippen molar-refractivity contribution in [3.8, 4) is 16.9 Å². The average Bonchev–Trinajstić information content (AvgIpc) is 3.91. The molecule has 0 amide bonds. The van der Waals surface area contributed by atoms with Crippen LogP contribution in [0.1, 0.15) is 86.3 Å². The van der Waals surface area contributed by atoms with E-state index in [9.17, 15) is 0 Å². The number of benzene rings is 7. The van der Waals surface area contributed by atoms with Gasteiger partial charge in [0.15, 0.2) is 0 Å². The lowest BCUT2D eigenvalue weighted by molar-refractivity contribution is 0.443. The van der Waals surface area contributed by atoms with Gasteiger partial charge in [0.25, 0.3) is 0 Å². The Labute approximate surface area is 424 Å². The molecule has 0 saturated carbocycles. The highest BCUT2D eigenvalue weighted by atomic mass is 16.5. The lowest BCUT2D eigenvalue weighted by Crippen LogP contribution is -2.18. The van der Waals surface area contributed by atoms with E-state index in [-0.39, 0.29) is 5.41 Å². The molecule has 4 nitrogen and oxygen atoms in total. The Kier molecular flexibility index (Phi) is 11.6. The highest BCUT2D eigenvalue weighted by molar-refractivity contribution is 6.06. The Hall–Kier alpha value is -8.08. The first-order valence-corrected chi connectivity index (χ1v) is 25.8. The molecular weight excluding hydrogens is 877 g/mol. The number of fused-ring (bicyclic) bond motifs is 7. The van der Waals surface area contributed by atoms with Crippen LogP contribution in [0.2, 0.25) is 0 Å². The summed E-state index contributed by atoms with van der Waals surface area (Å²) in [4.78, 5) is 4.85. The Morgan fingerprint density at radius 3 is 2.21 bits per heavy atom.